The summed E-state index contributed by atoms with van der Waals surface area (Å²) in [6.45, 7) is -0.373. The molecule has 0 radical (unpaired) electrons. The normalized spacial score (nSPS) is 10.3. The molecule has 0 bridgehead atoms. The minimum Gasteiger partial charge on any atom is -0.454 e. The highest BCUT2D eigenvalue weighted by atomic mass is 35.5. The second-order valence-corrected chi connectivity index (χ2v) is 6.85. The minimum absolute atomic E-state index is 0.182. The van der Waals surface area contributed by atoms with E-state index in [0.29, 0.717) is 16.1 Å². The highest BCUT2D eigenvalue weighted by molar-refractivity contribution is 7.12. The SMILES string of the molecule is O=C(COC(=O)c1ccc(Cl)c(NC(=O)c2cccs2)c1)c1ccccc1. The number of thiophene rings is 1. The van der Waals surface area contributed by atoms with Gasteiger partial charge in [0.05, 0.1) is 21.2 Å². The van der Waals surface area contributed by atoms with Crippen molar-refractivity contribution in [1.29, 1.82) is 0 Å². The molecule has 1 aromatic heterocycles. The Morgan fingerprint density at radius 1 is 0.963 bits per heavy atom. The number of Topliss-reactive ketones (excluding diaryl/α,β-unsaturated/α-hetero) is 1. The van der Waals surface area contributed by atoms with E-state index in [4.69, 9.17) is 16.3 Å². The first-order chi connectivity index (χ1) is 13.0. The van der Waals surface area contributed by atoms with E-state index in [-0.39, 0.29) is 28.9 Å². The van der Waals surface area contributed by atoms with Crippen LogP contribution in [0.2, 0.25) is 5.02 Å². The Balaban J connectivity index is 1.66. The van der Waals surface area contributed by atoms with Crippen LogP contribution < -0.4 is 5.32 Å². The van der Waals surface area contributed by atoms with Crippen LogP contribution in [0, 0.1) is 0 Å². The predicted octanol–water partition coefficient (Wildman–Crippen LogP) is 4.69. The van der Waals surface area contributed by atoms with Crippen LogP contribution in [0.1, 0.15) is 30.4 Å². The summed E-state index contributed by atoms with van der Waals surface area (Å²) in [4.78, 5) is 36.9. The van der Waals surface area contributed by atoms with E-state index in [9.17, 15) is 14.4 Å². The number of carbonyl (C=O) groups excluding carboxylic acids is 3. The molecule has 1 N–H and O–H groups in total. The Morgan fingerprint density at radius 3 is 2.44 bits per heavy atom. The molecule has 1 heterocycles. The second-order valence-electron chi connectivity index (χ2n) is 5.49. The number of hydrogen-bond acceptors (Lipinski definition) is 5. The first-order valence-corrected chi connectivity index (χ1v) is 9.20. The molecule has 7 heteroatoms. The topological polar surface area (TPSA) is 72.5 Å². The van der Waals surface area contributed by atoms with Crippen molar-refractivity contribution in [2.24, 2.45) is 0 Å². The van der Waals surface area contributed by atoms with Crippen LogP contribution in [-0.2, 0) is 4.74 Å². The lowest BCUT2D eigenvalue weighted by Gasteiger charge is -2.09. The molecule has 0 saturated heterocycles. The lowest BCUT2D eigenvalue weighted by molar-refractivity contribution is 0.0474. The van der Waals surface area contributed by atoms with Crippen LogP contribution in [-0.4, -0.2) is 24.3 Å². The van der Waals surface area contributed by atoms with Gasteiger partial charge in [-0.25, -0.2) is 4.79 Å². The van der Waals surface area contributed by atoms with Crippen LogP contribution in [0.3, 0.4) is 0 Å². The molecular weight excluding hydrogens is 386 g/mol. The van der Waals surface area contributed by atoms with Gasteiger partial charge in [0, 0.05) is 5.56 Å². The summed E-state index contributed by atoms with van der Waals surface area (Å²) < 4.78 is 5.07. The molecule has 3 aromatic rings. The van der Waals surface area contributed by atoms with Gasteiger partial charge in [-0.3, -0.25) is 9.59 Å². The van der Waals surface area contributed by atoms with Crippen molar-refractivity contribution >= 4 is 46.3 Å². The zero-order chi connectivity index (χ0) is 19.2. The summed E-state index contributed by atoms with van der Waals surface area (Å²) in [6.07, 6.45) is 0. The number of esters is 1. The van der Waals surface area contributed by atoms with Gasteiger partial charge in [0.2, 0.25) is 0 Å². The molecule has 3 rings (SSSR count). The molecule has 0 fully saturated rings. The number of amides is 1. The summed E-state index contributed by atoms with van der Waals surface area (Å²) in [5.74, 6) is -1.30. The van der Waals surface area contributed by atoms with Gasteiger partial charge in [0.15, 0.2) is 12.4 Å². The van der Waals surface area contributed by atoms with Crippen molar-refractivity contribution in [3.05, 3.63) is 87.1 Å². The molecule has 0 aliphatic heterocycles. The number of ketones is 1. The number of ether oxygens (including phenoxy) is 1. The number of hydrogen-bond donors (Lipinski definition) is 1. The highest BCUT2D eigenvalue weighted by Gasteiger charge is 2.15. The Kier molecular flexibility index (Phi) is 6.01. The Labute approximate surface area is 164 Å². The number of rotatable bonds is 6. The lowest BCUT2D eigenvalue weighted by Crippen LogP contribution is -2.15. The third-order valence-electron chi connectivity index (χ3n) is 3.63. The third-order valence-corrected chi connectivity index (χ3v) is 4.82. The zero-order valence-electron chi connectivity index (χ0n) is 14.0. The first-order valence-electron chi connectivity index (χ1n) is 7.94. The second kappa shape index (κ2) is 8.62. The van der Waals surface area contributed by atoms with Crippen molar-refractivity contribution < 1.29 is 19.1 Å². The maximum absolute atomic E-state index is 12.2. The summed E-state index contributed by atoms with van der Waals surface area (Å²) >= 11 is 7.39. The molecule has 0 unspecified atom stereocenters. The third kappa shape index (κ3) is 4.81. The van der Waals surface area contributed by atoms with E-state index in [0.717, 1.165) is 0 Å². The van der Waals surface area contributed by atoms with E-state index >= 15 is 0 Å². The summed E-state index contributed by atoms with van der Waals surface area (Å²) in [6, 6.07) is 16.4. The lowest BCUT2D eigenvalue weighted by atomic mass is 10.1. The smallest absolute Gasteiger partial charge is 0.338 e. The fraction of sp³-hybridized carbons (Fsp3) is 0.0500. The van der Waals surface area contributed by atoms with Crippen molar-refractivity contribution in [3.63, 3.8) is 0 Å². The van der Waals surface area contributed by atoms with Crippen molar-refractivity contribution in [1.82, 2.24) is 0 Å². The van der Waals surface area contributed by atoms with E-state index in [2.05, 4.69) is 5.32 Å². The number of benzene rings is 2. The molecule has 0 atom stereocenters. The maximum atomic E-state index is 12.2. The van der Waals surface area contributed by atoms with E-state index < -0.39 is 5.97 Å². The van der Waals surface area contributed by atoms with Gasteiger partial charge in [-0.05, 0) is 29.6 Å². The van der Waals surface area contributed by atoms with Gasteiger partial charge in [0.25, 0.3) is 5.91 Å². The monoisotopic (exact) mass is 399 g/mol. The zero-order valence-corrected chi connectivity index (χ0v) is 15.5. The molecule has 0 saturated carbocycles. The molecule has 136 valence electrons. The molecular formula is C20H14ClNO4S. The van der Waals surface area contributed by atoms with Crippen molar-refractivity contribution in [2.75, 3.05) is 11.9 Å². The van der Waals surface area contributed by atoms with Crippen LogP contribution in [0.15, 0.2) is 66.0 Å². The quantitative estimate of drug-likeness (QED) is 0.482. The molecule has 5 nitrogen and oxygen atoms in total. The summed E-state index contributed by atoms with van der Waals surface area (Å²) in [7, 11) is 0. The van der Waals surface area contributed by atoms with Crippen molar-refractivity contribution in [2.45, 2.75) is 0 Å². The number of anilines is 1. The van der Waals surface area contributed by atoms with Crippen LogP contribution >= 0.6 is 22.9 Å². The molecule has 0 aliphatic rings. The predicted molar refractivity (Wildman–Crippen MR) is 105 cm³/mol. The maximum Gasteiger partial charge on any atom is 0.338 e. The number of halogens is 1. The van der Waals surface area contributed by atoms with Crippen LogP contribution in [0.25, 0.3) is 0 Å². The highest BCUT2D eigenvalue weighted by Crippen LogP contribution is 2.24. The minimum atomic E-state index is -0.678. The number of carbonyl (C=O) groups is 3. The Hall–Kier alpha value is -2.96. The van der Waals surface area contributed by atoms with Gasteiger partial charge in [-0.2, -0.15) is 0 Å². The summed E-state index contributed by atoms with van der Waals surface area (Å²) in [5.41, 5.74) is 0.936. The van der Waals surface area contributed by atoms with Gasteiger partial charge in [-0.15, -0.1) is 11.3 Å². The van der Waals surface area contributed by atoms with Gasteiger partial charge >= 0.3 is 5.97 Å². The Bertz CT molecular complexity index is 971. The molecule has 27 heavy (non-hydrogen) atoms. The van der Waals surface area contributed by atoms with Crippen LogP contribution in [0.5, 0.6) is 0 Å². The van der Waals surface area contributed by atoms with E-state index in [1.807, 2.05) is 0 Å². The van der Waals surface area contributed by atoms with E-state index in [1.165, 1.54) is 29.5 Å². The van der Waals surface area contributed by atoms with Crippen LogP contribution in [0.4, 0.5) is 5.69 Å². The fourth-order valence-corrected chi connectivity index (χ4v) is 3.05. The van der Waals surface area contributed by atoms with Gasteiger partial charge in [-0.1, -0.05) is 48.0 Å². The standard InChI is InChI=1S/C20H14ClNO4S/c21-15-9-8-14(11-16(15)22-19(24)18-7-4-10-27-18)20(25)26-12-17(23)13-5-2-1-3-6-13/h1-11H,12H2,(H,22,24). The average molecular weight is 400 g/mol. The van der Waals surface area contributed by atoms with Gasteiger partial charge in [0.1, 0.15) is 0 Å². The fourth-order valence-electron chi connectivity index (χ4n) is 2.26. The molecule has 0 aliphatic carbocycles. The van der Waals surface area contributed by atoms with Crippen molar-refractivity contribution in [3.8, 4) is 0 Å². The Morgan fingerprint density at radius 2 is 1.74 bits per heavy atom. The van der Waals surface area contributed by atoms with Gasteiger partial charge < -0.3 is 10.1 Å². The largest absolute Gasteiger partial charge is 0.454 e. The average Bonchev–Trinajstić information content (AvgIpc) is 3.23. The molecule has 1 amide bonds. The number of nitrogens with one attached hydrogen (secondary N) is 1. The molecule has 2 aromatic carbocycles. The summed E-state index contributed by atoms with van der Waals surface area (Å²) in [5, 5.41) is 4.74. The molecule has 0 spiro atoms. The van der Waals surface area contributed by atoms with E-state index in [1.54, 1.807) is 47.8 Å². The first kappa shape index (κ1) is 18.8.